The highest BCUT2D eigenvalue weighted by atomic mass is 79.9. The number of nitrogens with one attached hydrogen (secondary N) is 1. The Hall–Kier alpha value is -2.08. The van der Waals surface area contributed by atoms with Crippen LogP contribution in [0.25, 0.3) is 0 Å². The van der Waals surface area contributed by atoms with Crippen molar-refractivity contribution in [1.29, 1.82) is 5.26 Å². The number of aromatic nitrogens is 1. The molecule has 2 heterocycles. The van der Waals surface area contributed by atoms with Gasteiger partial charge in [0, 0.05) is 24.1 Å². The lowest BCUT2D eigenvalue weighted by Gasteiger charge is -2.26. The number of benzene rings is 1. The van der Waals surface area contributed by atoms with Gasteiger partial charge in [-0.1, -0.05) is 15.9 Å². The van der Waals surface area contributed by atoms with E-state index in [1.807, 2.05) is 24.3 Å². The Morgan fingerprint density at radius 3 is 2.77 bits per heavy atom. The molecule has 1 aliphatic rings. The highest BCUT2D eigenvalue weighted by Gasteiger charge is 2.14. The fourth-order valence-corrected chi connectivity index (χ4v) is 2.89. The predicted molar refractivity (Wildman–Crippen MR) is 100 cm³/mol. The molecule has 0 atom stereocenters. The van der Waals surface area contributed by atoms with Crippen LogP contribution in [0.5, 0.6) is 5.75 Å². The quantitative estimate of drug-likeness (QED) is 0.656. The van der Waals surface area contributed by atoms with Crippen LogP contribution in [0.2, 0.25) is 0 Å². The van der Waals surface area contributed by atoms with Gasteiger partial charge in [-0.3, -0.25) is 4.90 Å². The van der Waals surface area contributed by atoms with E-state index in [4.69, 9.17) is 13.9 Å². The zero-order chi connectivity index (χ0) is 18.2. The number of hydrogen-bond donors (Lipinski definition) is 1. The lowest BCUT2D eigenvalue weighted by molar-refractivity contribution is 0.0378. The fourth-order valence-electron chi connectivity index (χ4n) is 2.63. The molecule has 26 heavy (non-hydrogen) atoms. The molecular formula is C18H21BrN4O3. The first-order valence-electron chi connectivity index (χ1n) is 8.57. The van der Waals surface area contributed by atoms with Gasteiger partial charge in [0.05, 0.1) is 13.2 Å². The average molecular weight is 421 g/mol. The Balaban J connectivity index is 1.46. The molecule has 1 aliphatic heterocycles. The van der Waals surface area contributed by atoms with E-state index in [9.17, 15) is 5.26 Å². The molecule has 8 heteroatoms. The number of ether oxygens (including phenoxy) is 2. The Morgan fingerprint density at radius 2 is 2.04 bits per heavy atom. The first-order chi connectivity index (χ1) is 12.7. The van der Waals surface area contributed by atoms with Crippen LogP contribution < -0.4 is 10.1 Å². The van der Waals surface area contributed by atoms with E-state index >= 15 is 0 Å². The molecule has 3 rings (SSSR count). The van der Waals surface area contributed by atoms with Crippen LogP contribution >= 0.6 is 15.9 Å². The monoisotopic (exact) mass is 420 g/mol. The van der Waals surface area contributed by atoms with E-state index in [2.05, 4.69) is 37.2 Å². The zero-order valence-electron chi connectivity index (χ0n) is 14.4. The summed E-state index contributed by atoms with van der Waals surface area (Å²) in [6.07, 6.45) is 0.955. The number of hydrogen-bond acceptors (Lipinski definition) is 7. The summed E-state index contributed by atoms with van der Waals surface area (Å²) >= 11 is 3.38. The minimum atomic E-state index is 0.172. The molecule has 0 unspecified atom stereocenters. The molecule has 1 aromatic heterocycles. The van der Waals surface area contributed by atoms with Crippen LogP contribution in [0.4, 0.5) is 5.88 Å². The second kappa shape index (κ2) is 9.57. The standard InChI is InChI=1S/C18H21BrN4O3/c19-14-2-4-15(5-3-14)25-13-17-22-16(12-20)18(26-17)21-6-1-7-23-8-10-24-11-9-23/h2-5,21H,1,6-11,13H2. The number of oxazole rings is 1. The van der Waals surface area contributed by atoms with Crippen LogP contribution in [-0.2, 0) is 11.3 Å². The second-order valence-corrected chi connectivity index (χ2v) is 6.79. The summed E-state index contributed by atoms with van der Waals surface area (Å²) in [6.45, 7) is 5.43. The van der Waals surface area contributed by atoms with Crippen molar-refractivity contribution in [2.45, 2.75) is 13.0 Å². The molecule has 1 N–H and O–H groups in total. The zero-order valence-corrected chi connectivity index (χ0v) is 16.0. The summed E-state index contributed by atoms with van der Waals surface area (Å²) in [6, 6.07) is 9.55. The van der Waals surface area contributed by atoms with Crippen molar-refractivity contribution < 1.29 is 13.9 Å². The number of nitriles is 1. The van der Waals surface area contributed by atoms with Crippen molar-refractivity contribution in [3.8, 4) is 11.8 Å². The third-order valence-electron chi connectivity index (χ3n) is 3.99. The van der Waals surface area contributed by atoms with Crippen molar-refractivity contribution in [2.75, 3.05) is 44.7 Å². The van der Waals surface area contributed by atoms with Crippen LogP contribution in [-0.4, -0.2) is 49.3 Å². The van der Waals surface area contributed by atoms with Crippen molar-refractivity contribution >= 4 is 21.8 Å². The van der Waals surface area contributed by atoms with Gasteiger partial charge in [-0.2, -0.15) is 10.2 Å². The highest BCUT2D eigenvalue weighted by molar-refractivity contribution is 9.10. The van der Waals surface area contributed by atoms with E-state index in [1.165, 1.54) is 0 Å². The summed E-state index contributed by atoms with van der Waals surface area (Å²) in [4.78, 5) is 6.55. The summed E-state index contributed by atoms with van der Waals surface area (Å²) in [5.74, 6) is 1.49. The fraction of sp³-hybridized carbons (Fsp3) is 0.444. The van der Waals surface area contributed by atoms with Gasteiger partial charge in [0.1, 0.15) is 11.8 Å². The highest BCUT2D eigenvalue weighted by Crippen LogP contribution is 2.20. The smallest absolute Gasteiger partial charge is 0.236 e. The molecule has 0 saturated carbocycles. The average Bonchev–Trinajstić information content (AvgIpc) is 3.08. The Labute approximate surface area is 161 Å². The predicted octanol–water partition coefficient (Wildman–Crippen LogP) is 3.02. The number of rotatable bonds is 8. The van der Waals surface area contributed by atoms with Crippen LogP contribution in [0.15, 0.2) is 33.2 Å². The normalized spacial score (nSPS) is 14.8. The summed E-state index contributed by atoms with van der Waals surface area (Å²) in [5, 5.41) is 12.4. The molecule has 1 aromatic carbocycles. The van der Waals surface area contributed by atoms with E-state index in [0.717, 1.165) is 43.7 Å². The molecule has 0 spiro atoms. The van der Waals surface area contributed by atoms with Crippen molar-refractivity contribution in [3.05, 3.63) is 40.3 Å². The maximum absolute atomic E-state index is 9.23. The SMILES string of the molecule is N#Cc1nc(COc2ccc(Br)cc2)oc1NCCCN1CCOCC1. The lowest BCUT2D eigenvalue weighted by atomic mass is 10.3. The second-order valence-electron chi connectivity index (χ2n) is 5.87. The molecule has 0 radical (unpaired) electrons. The van der Waals surface area contributed by atoms with Crippen LogP contribution in [0, 0.1) is 11.3 Å². The molecule has 138 valence electrons. The minimum Gasteiger partial charge on any atom is -0.484 e. The molecule has 1 saturated heterocycles. The van der Waals surface area contributed by atoms with Gasteiger partial charge in [-0.15, -0.1) is 0 Å². The maximum atomic E-state index is 9.23. The Bertz CT molecular complexity index is 736. The molecule has 0 amide bonds. The molecule has 0 aliphatic carbocycles. The largest absolute Gasteiger partial charge is 0.484 e. The van der Waals surface area contributed by atoms with Crippen molar-refractivity contribution in [2.24, 2.45) is 0 Å². The molecule has 7 nitrogen and oxygen atoms in total. The topological polar surface area (TPSA) is 83.5 Å². The third-order valence-corrected chi connectivity index (χ3v) is 4.52. The van der Waals surface area contributed by atoms with Gasteiger partial charge in [0.2, 0.25) is 17.5 Å². The first-order valence-corrected chi connectivity index (χ1v) is 9.36. The first kappa shape index (κ1) is 18.7. The van der Waals surface area contributed by atoms with Crippen molar-refractivity contribution in [3.63, 3.8) is 0 Å². The molecule has 2 aromatic rings. The number of nitrogens with zero attached hydrogens (tertiary/aromatic N) is 3. The maximum Gasteiger partial charge on any atom is 0.236 e. The summed E-state index contributed by atoms with van der Waals surface area (Å²) < 4.78 is 17.6. The van der Waals surface area contributed by atoms with E-state index in [1.54, 1.807) is 0 Å². The van der Waals surface area contributed by atoms with Gasteiger partial charge in [-0.25, -0.2) is 0 Å². The number of anilines is 1. The Kier molecular flexibility index (Phi) is 6.89. The van der Waals surface area contributed by atoms with Gasteiger partial charge < -0.3 is 19.2 Å². The van der Waals surface area contributed by atoms with E-state index < -0.39 is 0 Å². The van der Waals surface area contributed by atoms with Gasteiger partial charge in [0.25, 0.3) is 0 Å². The van der Waals surface area contributed by atoms with Gasteiger partial charge >= 0.3 is 0 Å². The molecule has 0 bridgehead atoms. The molecular weight excluding hydrogens is 400 g/mol. The van der Waals surface area contributed by atoms with Crippen LogP contribution in [0.1, 0.15) is 18.0 Å². The van der Waals surface area contributed by atoms with Crippen molar-refractivity contribution in [1.82, 2.24) is 9.88 Å². The van der Waals surface area contributed by atoms with E-state index in [-0.39, 0.29) is 12.3 Å². The van der Waals surface area contributed by atoms with Crippen LogP contribution in [0.3, 0.4) is 0 Å². The van der Waals surface area contributed by atoms with E-state index in [0.29, 0.717) is 24.1 Å². The lowest BCUT2D eigenvalue weighted by Crippen LogP contribution is -2.37. The summed E-state index contributed by atoms with van der Waals surface area (Å²) in [5.41, 5.74) is 0.255. The van der Waals surface area contributed by atoms with Gasteiger partial charge in [-0.05, 0) is 37.2 Å². The Morgan fingerprint density at radius 1 is 1.27 bits per heavy atom. The number of halogens is 1. The molecule has 1 fully saturated rings. The van der Waals surface area contributed by atoms with Gasteiger partial charge in [0.15, 0.2) is 6.61 Å². The minimum absolute atomic E-state index is 0.172. The summed E-state index contributed by atoms with van der Waals surface area (Å²) in [7, 11) is 0. The third kappa shape index (κ3) is 5.46. The number of morpholine rings is 1.